The Morgan fingerprint density at radius 2 is 2.12 bits per heavy atom. The second kappa shape index (κ2) is 8.06. The molecule has 1 unspecified atom stereocenters. The number of hydrogen-bond acceptors (Lipinski definition) is 8. The molecule has 0 saturated carbocycles. The molecule has 0 N–H and O–H groups in total. The van der Waals surface area contributed by atoms with E-state index >= 15 is 0 Å². The molecule has 1 aliphatic rings. The third-order valence-corrected chi connectivity index (χ3v) is 6.26. The van der Waals surface area contributed by atoms with E-state index in [0.717, 1.165) is 6.42 Å². The average Bonchev–Trinajstić information content (AvgIpc) is 3.62. The summed E-state index contributed by atoms with van der Waals surface area (Å²) in [7, 11) is 0. The highest BCUT2D eigenvalue weighted by Gasteiger charge is 2.27. The quantitative estimate of drug-likeness (QED) is 0.390. The normalized spacial score (nSPS) is 15.8. The molecule has 11 heteroatoms. The Labute approximate surface area is 197 Å². The van der Waals surface area contributed by atoms with Crippen molar-refractivity contribution in [2.45, 2.75) is 18.9 Å². The Hall–Kier alpha value is -4.07. The SMILES string of the molecule is N#Cc1c(Cl)ccc2c1n(Cc1ccccn1)c(=O)c1c(-c3nc(C4CCOC4)no3)ncn12. The van der Waals surface area contributed by atoms with Gasteiger partial charge in [-0.25, -0.2) is 4.98 Å². The van der Waals surface area contributed by atoms with Crippen LogP contribution in [0.2, 0.25) is 5.02 Å². The summed E-state index contributed by atoms with van der Waals surface area (Å²) in [6, 6.07) is 10.9. The zero-order valence-corrected chi connectivity index (χ0v) is 18.4. The van der Waals surface area contributed by atoms with E-state index in [-0.39, 0.29) is 45.7 Å². The summed E-state index contributed by atoms with van der Waals surface area (Å²) < 4.78 is 14.0. The van der Waals surface area contributed by atoms with Gasteiger partial charge >= 0.3 is 0 Å². The monoisotopic (exact) mass is 473 g/mol. The van der Waals surface area contributed by atoms with Gasteiger partial charge in [-0.3, -0.25) is 18.7 Å². The fourth-order valence-corrected chi connectivity index (χ4v) is 4.49. The van der Waals surface area contributed by atoms with E-state index in [9.17, 15) is 10.1 Å². The number of hydrogen-bond donors (Lipinski definition) is 0. The van der Waals surface area contributed by atoms with Crippen molar-refractivity contribution >= 4 is 28.2 Å². The van der Waals surface area contributed by atoms with Crippen LogP contribution in [-0.4, -0.2) is 42.3 Å². The van der Waals surface area contributed by atoms with Crippen LogP contribution < -0.4 is 5.56 Å². The molecule has 6 rings (SSSR count). The molecule has 34 heavy (non-hydrogen) atoms. The fraction of sp³-hybridized carbons (Fsp3) is 0.217. The van der Waals surface area contributed by atoms with E-state index in [4.69, 9.17) is 20.9 Å². The van der Waals surface area contributed by atoms with Crippen LogP contribution in [0.5, 0.6) is 0 Å². The van der Waals surface area contributed by atoms with E-state index in [1.54, 1.807) is 28.8 Å². The lowest BCUT2D eigenvalue weighted by Gasteiger charge is -2.14. The summed E-state index contributed by atoms with van der Waals surface area (Å²) in [5.41, 5.74) is 1.99. The topological polar surface area (TPSA) is 124 Å². The van der Waals surface area contributed by atoms with Gasteiger partial charge in [0.15, 0.2) is 11.5 Å². The highest BCUT2D eigenvalue weighted by atomic mass is 35.5. The maximum atomic E-state index is 13.9. The van der Waals surface area contributed by atoms with Gasteiger partial charge in [0.2, 0.25) is 0 Å². The molecule has 5 heterocycles. The van der Waals surface area contributed by atoms with Crippen molar-refractivity contribution < 1.29 is 9.26 Å². The third-order valence-electron chi connectivity index (χ3n) is 5.95. The molecule has 1 aliphatic heterocycles. The number of nitrogens with zero attached hydrogens (tertiary/aromatic N) is 7. The van der Waals surface area contributed by atoms with Gasteiger partial charge in [0.1, 0.15) is 17.9 Å². The van der Waals surface area contributed by atoms with Crippen LogP contribution in [0.4, 0.5) is 0 Å². The molecule has 5 aromatic rings. The van der Waals surface area contributed by atoms with E-state index in [0.29, 0.717) is 35.8 Å². The predicted octanol–water partition coefficient (Wildman–Crippen LogP) is 3.17. The van der Waals surface area contributed by atoms with E-state index in [2.05, 4.69) is 26.2 Å². The molecule has 10 nitrogen and oxygen atoms in total. The molecular formula is C23H16ClN7O3. The summed E-state index contributed by atoms with van der Waals surface area (Å²) in [5.74, 6) is 0.731. The van der Waals surface area contributed by atoms with Crippen molar-refractivity contribution in [1.82, 2.24) is 29.1 Å². The van der Waals surface area contributed by atoms with Gasteiger partial charge in [0.05, 0.1) is 40.5 Å². The van der Waals surface area contributed by atoms with Crippen LogP contribution in [0.1, 0.15) is 29.4 Å². The minimum absolute atomic E-state index is 0.0494. The minimum Gasteiger partial charge on any atom is -0.381 e. The lowest BCUT2D eigenvalue weighted by atomic mass is 10.1. The van der Waals surface area contributed by atoms with Crippen LogP contribution >= 0.6 is 11.6 Å². The number of imidazole rings is 1. The predicted molar refractivity (Wildman–Crippen MR) is 121 cm³/mol. The largest absolute Gasteiger partial charge is 0.381 e. The Balaban J connectivity index is 1.62. The minimum atomic E-state index is -0.381. The molecule has 1 saturated heterocycles. The summed E-state index contributed by atoms with van der Waals surface area (Å²) >= 11 is 6.33. The number of halogens is 1. The van der Waals surface area contributed by atoms with Gasteiger partial charge < -0.3 is 9.26 Å². The standard InChI is InChI=1S/C23H16ClN7O3/c24-16-4-5-17-19(15(16)9-25)30(10-14-3-1-2-7-26-14)23(32)20-18(27-12-31(17)20)22-28-21(29-34-22)13-6-8-33-11-13/h1-5,7,12-13H,6,8,10-11H2. The Kier molecular flexibility index (Phi) is 4.86. The van der Waals surface area contributed by atoms with Crippen molar-refractivity contribution in [2.75, 3.05) is 13.2 Å². The lowest BCUT2D eigenvalue weighted by Crippen LogP contribution is -2.24. The highest BCUT2D eigenvalue weighted by Crippen LogP contribution is 2.30. The number of nitriles is 1. The van der Waals surface area contributed by atoms with Crippen molar-refractivity contribution in [3.8, 4) is 17.7 Å². The lowest BCUT2D eigenvalue weighted by molar-refractivity contribution is 0.192. The fourth-order valence-electron chi connectivity index (χ4n) is 4.29. The second-order valence-electron chi connectivity index (χ2n) is 7.94. The van der Waals surface area contributed by atoms with Crippen LogP contribution in [0.3, 0.4) is 0 Å². The van der Waals surface area contributed by atoms with E-state index < -0.39 is 0 Å². The first-order valence-electron chi connectivity index (χ1n) is 10.6. The second-order valence-corrected chi connectivity index (χ2v) is 8.35. The Morgan fingerprint density at radius 3 is 2.88 bits per heavy atom. The molecule has 0 amide bonds. The molecule has 1 atom stereocenters. The maximum Gasteiger partial charge on any atom is 0.278 e. The number of fused-ring (bicyclic) bond motifs is 3. The maximum absolute atomic E-state index is 13.9. The third kappa shape index (κ3) is 3.17. The van der Waals surface area contributed by atoms with Gasteiger partial charge in [-0.05, 0) is 30.7 Å². The number of ether oxygens (including phenoxy) is 1. The van der Waals surface area contributed by atoms with Gasteiger partial charge in [-0.15, -0.1) is 0 Å². The van der Waals surface area contributed by atoms with Gasteiger partial charge in [0.25, 0.3) is 11.4 Å². The zero-order chi connectivity index (χ0) is 23.2. The van der Waals surface area contributed by atoms with Crippen molar-refractivity contribution in [2.24, 2.45) is 0 Å². The molecule has 0 bridgehead atoms. The van der Waals surface area contributed by atoms with Crippen LogP contribution in [0.25, 0.3) is 28.1 Å². The highest BCUT2D eigenvalue weighted by molar-refractivity contribution is 6.32. The summed E-state index contributed by atoms with van der Waals surface area (Å²) in [6.45, 7) is 1.32. The van der Waals surface area contributed by atoms with Crippen molar-refractivity contribution in [3.63, 3.8) is 0 Å². The smallest absolute Gasteiger partial charge is 0.278 e. The molecule has 0 spiro atoms. The van der Waals surface area contributed by atoms with Crippen LogP contribution in [-0.2, 0) is 11.3 Å². The summed E-state index contributed by atoms with van der Waals surface area (Å²) in [6.07, 6.45) is 3.97. The summed E-state index contributed by atoms with van der Waals surface area (Å²) in [4.78, 5) is 27.1. The molecule has 1 fully saturated rings. The number of pyridine rings is 1. The Bertz CT molecular complexity index is 1640. The van der Waals surface area contributed by atoms with Crippen LogP contribution in [0.15, 0.2) is 52.2 Å². The molecule has 0 aliphatic carbocycles. The van der Waals surface area contributed by atoms with Gasteiger partial charge in [-0.1, -0.05) is 22.8 Å². The van der Waals surface area contributed by atoms with Crippen molar-refractivity contribution in [3.05, 3.63) is 75.3 Å². The first-order valence-corrected chi connectivity index (χ1v) is 11.0. The number of aromatic nitrogens is 6. The molecular weight excluding hydrogens is 458 g/mol. The molecule has 1 aromatic carbocycles. The van der Waals surface area contributed by atoms with E-state index in [1.165, 1.54) is 10.9 Å². The Morgan fingerprint density at radius 1 is 1.21 bits per heavy atom. The molecule has 168 valence electrons. The zero-order valence-electron chi connectivity index (χ0n) is 17.7. The van der Waals surface area contributed by atoms with Gasteiger partial charge in [-0.2, -0.15) is 10.2 Å². The summed E-state index contributed by atoms with van der Waals surface area (Å²) in [5, 5.41) is 14.2. The first kappa shape index (κ1) is 20.5. The number of benzene rings is 1. The van der Waals surface area contributed by atoms with Crippen molar-refractivity contribution in [1.29, 1.82) is 5.26 Å². The van der Waals surface area contributed by atoms with E-state index in [1.807, 2.05) is 12.1 Å². The molecule has 0 radical (unpaired) electrons. The van der Waals surface area contributed by atoms with Crippen LogP contribution in [0, 0.1) is 11.3 Å². The van der Waals surface area contributed by atoms with Gasteiger partial charge in [0, 0.05) is 18.7 Å². The first-order chi connectivity index (χ1) is 16.7. The molecule has 4 aromatic heterocycles. The number of rotatable bonds is 4. The average molecular weight is 474 g/mol.